The molecule has 1 aliphatic rings. The predicted octanol–water partition coefficient (Wildman–Crippen LogP) is 2.08. The van der Waals surface area contributed by atoms with Crippen LogP contribution in [0.2, 0.25) is 0 Å². The highest BCUT2D eigenvalue weighted by molar-refractivity contribution is 14.0. The zero-order valence-corrected chi connectivity index (χ0v) is 14.7. The Kier molecular flexibility index (Phi) is 11.3. The summed E-state index contributed by atoms with van der Waals surface area (Å²) in [6, 6.07) is 0. The third kappa shape index (κ3) is 8.47. The van der Waals surface area contributed by atoms with Gasteiger partial charge in [-0.05, 0) is 52.2 Å². The minimum Gasteiger partial charge on any atom is -0.357 e. The zero-order chi connectivity index (χ0) is 13.2. The molecular formula is C14H29IN4. The smallest absolute Gasteiger partial charge is 0.191 e. The van der Waals surface area contributed by atoms with Crippen LogP contribution in [0, 0.1) is 5.92 Å². The lowest BCUT2D eigenvalue weighted by atomic mass is 9.94. The number of hydrogen-bond donors (Lipinski definition) is 2. The van der Waals surface area contributed by atoms with Crippen LogP contribution in [0.4, 0.5) is 0 Å². The third-order valence-corrected chi connectivity index (χ3v) is 3.40. The molecule has 1 fully saturated rings. The van der Waals surface area contributed by atoms with Gasteiger partial charge in [0.25, 0.3) is 0 Å². The monoisotopic (exact) mass is 380 g/mol. The Balaban J connectivity index is 0.00000324. The number of piperidine rings is 1. The van der Waals surface area contributed by atoms with E-state index in [0.29, 0.717) is 0 Å². The molecule has 112 valence electrons. The fourth-order valence-corrected chi connectivity index (χ4v) is 2.22. The highest BCUT2D eigenvalue weighted by Crippen LogP contribution is 2.19. The summed E-state index contributed by atoms with van der Waals surface area (Å²) in [5.41, 5.74) is 0. The second kappa shape index (κ2) is 11.5. The van der Waals surface area contributed by atoms with Gasteiger partial charge in [-0.3, -0.25) is 4.99 Å². The number of halogens is 1. The number of nitrogens with zero attached hydrogens (tertiary/aromatic N) is 2. The van der Waals surface area contributed by atoms with Crippen molar-refractivity contribution in [2.24, 2.45) is 10.9 Å². The minimum absolute atomic E-state index is 0. The molecule has 0 aliphatic carbocycles. The SMILES string of the molecule is C=CCNC(=NCCC1CCN(C)CC1)NCC.I. The van der Waals surface area contributed by atoms with Gasteiger partial charge in [0, 0.05) is 19.6 Å². The minimum atomic E-state index is 0. The molecule has 1 rings (SSSR count). The fraction of sp³-hybridized carbons (Fsp3) is 0.786. The van der Waals surface area contributed by atoms with E-state index in [2.05, 4.69) is 41.1 Å². The van der Waals surface area contributed by atoms with Crippen LogP contribution in [0.5, 0.6) is 0 Å². The Labute approximate surface area is 135 Å². The zero-order valence-electron chi connectivity index (χ0n) is 12.3. The largest absolute Gasteiger partial charge is 0.357 e. The van der Waals surface area contributed by atoms with E-state index >= 15 is 0 Å². The molecule has 0 spiro atoms. The van der Waals surface area contributed by atoms with Crippen LogP contribution in [0.15, 0.2) is 17.6 Å². The van der Waals surface area contributed by atoms with E-state index in [1.807, 2.05) is 6.08 Å². The van der Waals surface area contributed by atoms with Gasteiger partial charge in [-0.2, -0.15) is 0 Å². The number of hydrogen-bond acceptors (Lipinski definition) is 2. The Morgan fingerprint density at radius 2 is 2.05 bits per heavy atom. The number of likely N-dealkylation sites (tertiary alicyclic amines) is 1. The van der Waals surface area contributed by atoms with E-state index in [4.69, 9.17) is 0 Å². The van der Waals surface area contributed by atoms with Crippen molar-refractivity contribution in [1.82, 2.24) is 15.5 Å². The normalized spacial score (nSPS) is 17.7. The molecular weight excluding hydrogens is 351 g/mol. The molecule has 0 amide bonds. The number of rotatable bonds is 6. The van der Waals surface area contributed by atoms with Gasteiger partial charge in [0.15, 0.2) is 5.96 Å². The molecule has 2 N–H and O–H groups in total. The Morgan fingerprint density at radius 1 is 1.37 bits per heavy atom. The summed E-state index contributed by atoms with van der Waals surface area (Å²) in [7, 11) is 2.21. The van der Waals surface area contributed by atoms with Crippen LogP contribution in [0.1, 0.15) is 26.2 Å². The van der Waals surface area contributed by atoms with Gasteiger partial charge < -0.3 is 15.5 Å². The summed E-state index contributed by atoms with van der Waals surface area (Å²) >= 11 is 0. The van der Waals surface area contributed by atoms with Crippen molar-refractivity contribution in [3.8, 4) is 0 Å². The van der Waals surface area contributed by atoms with Crippen molar-refractivity contribution in [2.45, 2.75) is 26.2 Å². The fourth-order valence-electron chi connectivity index (χ4n) is 2.22. The lowest BCUT2D eigenvalue weighted by molar-refractivity contribution is 0.214. The Morgan fingerprint density at radius 3 is 2.63 bits per heavy atom. The van der Waals surface area contributed by atoms with Crippen molar-refractivity contribution >= 4 is 29.9 Å². The maximum Gasteiger partial charge on any atom is 0.191 e. The molecule has 0 aromatic heterocycles. The molecule has 0 aromatic rings. The quantitative estimate of drug-likeness (QED) is 0.321. The van der Waals surface area contributed by atoms with Crippen molar-refractivity contribution in [2.75, 3.05) is 39.8 Å². The molecule has 0 radical (unpaired) electrons. The first kappa shape index (κ1) is 18.7. The average Bonchev–Trinajstić information content (AvgIpc) is 2.38. The third-order valence-electron chi connectivity index (χ3n) is 3.40. The number of nitrogens with one attached hydrogen (secondary N) is 2. The first-order chi connectivity index (χ1) is 8.76. The summed E-state index contributed by atoms with van der Waals surface area (Å²) in [6.45, 7) is 10.8. The van der Waals surface area contributed by atoms with E-state index in [1.54, 1.807) is 0 Å². The van der Waals surface area contributed by atoms with Crippen LogP contribution in [-0.4, -0.2) is 50.6 Å². The van der Waals surface area contributed by atoms with E-state index in [-0.39, 0.29) is 24.0 Å². The molecule has 1 heterocycles. The first-order valence-corrected chi connectivity index (χ1v) is 7.07. The van der Waals surface area contributed by atoms with Crippen LogP contribution in [-0.2, 0) is 0 Å². The average molecular weight is 380 g/mol. The maximum atomic E-state index is 4.60. The van der Waals surface area contributed by atoms with Crippen LogP contribution >= 0.6 is 24.0 Å². The highest BCUT2D eigenvalue weighted by Gasteiger charge is 2.15. The van der Waals surface area contributed by atoms with Crippen LogP contribution in [0.25, 0.3) is 0 Å². The summed E-state index contributed by atoms with van der Waals surface area (Å²) < 4.78 is 0. The topological polar surface area (TPSA) is 39.7 Å². The standard InChI is InChI=1S/C14H28N4.HI/c1-4-9-16-14(15-5-2)17-10-6-13-7-11-18(3)12-8-13;/h4,13H,1,5-12H2,2-3H3,(H2,15,16,17);1H. The molecule has 4 nitrogen and oxygen atoms in total. The number of aliphatic imine (C=N–C) groups is 1. The van der Waals surface area contributed by atoms with Gasteiger partial charge in [-0.15, -0.1) is 30.6 Å². The summed E-state index contributed by atoms with van der Waals surface area (Å²) in [5, 5.41) is 6.47. The molecule has 1 aliphatic heterocycles. The van der Waals surface area contributed by atoms with E-state index in [0.717, 1.165) is 31.5 Å². The molecule has 0 aromatic carbocycles. The maximum absolute atomic E-state index is 4.60. The second-order valence-electron chi connectivity index (χ2n) is 4.97. The van der Waals surface area contributed by atoms with Crippen molar-refractivity contribution in [1.29, 1.82) is 0 Å². The highest BCUT2D eigenvalue weighted by atomic mass is 127. The van der Waals surface area contributed by atoms with E-state index in [1.165, 1.54) is 32.4 Å². The Hall–Kier alpha value is -0.300. The van der Waals surface area contributed by atoms with Crippen LogP contribution in [0.3, 0.4) is 0 Å². The van der Waals surface area contributed by atoms with Gasteiger partial charge in [-0.25, -0.2) is 0 Å². The predicted molar refractivity (Wildman–Crippen MR) is 94.4 cm³/mol. The molecule has 19 heavy (non-hydrogen) atoms. The van der Waals surface area contributed by atoms with Gasteiger partial charge in [0.1, 0.15) is 0 Å². The molecule has 1 saturated heterocycles. The molecule has 0 saturated carbocycles. The molecule has 0 unspecified atom stereocenters. The molecule has 0 bridgehead atoms. The van der Waals surface area contributed by atoms with Gasteiger partial charge in [-0.1, -0.05) is 6.08 Å². The second-order valence-corrected chi connectivity index (χ2v) is 4.97. The van der Waals surface area contributed by atoms with Gasteiger partial charge in [0.2, 0.25) is 0 Å². The number of guanidine groups is 1. The lowest BCUT2D eigenvalue weighted by Gasteiger charge is -2.28. The summed E-state index contributed by atoms with van der Waals surface area (Å²) in [4.78, 5) is 7.01. The van der Waals surface area contributed by atoms with Crippen molar-refractivity contribution in [3.63, 3.8) is 0 Å². The summed E-state index contributed by atoms with van der Waals surface area (Å²) in [6.07, 6.45) is 5.70. The van der Waals surface area contributed by atoms with Crippen molar-refractivity contribution in [3.05, 3.63) is 12.7 Å². The van der Waals surface area contributed by atoms with E-state index in [9.17, 15) is 0 Å². The first-order valence-electron chi connectivity index (χ1n) is 7.07. The van der Waals surface area contributed by atoms with Gasteiger partial charge >= 0.3 is 0 Å². The van der Waals surface area contributed by atoms with Gasteiger partial charge in [0.05, 0.1) is 0 Å². The molecule has 5 heteroatoms. The molecule has 0 atom stereocenters. The van der Waals surface area contributed by atoms with E-state index < -0.39 is 0 Å². The van der Waals surface area contributed by atoms with Crippen molar-refractivity contribution < 1.29 is 0 Å². The Bertz CT molecular complexity index is 260. The summed E-state index contributed by atoms with van der Waals surface area (Å²) in [5.74, 6) is 1.76. The lowest BCUT2D eigenvalue weighted by Crippen LogP contribution is -2.37. The van der Waals surface area contributed by atoms with Crippen LogP contribution < -0.4 is 10.6 Å².